The fourth-order valence-electron chi connectivity index (χ4n) is 1.54. The van der Waals surface area contributed by atoms with Crippen molar-refractivity contribution in [2.75, 3.05) is 17.7 Å². The second-order valence-corrected chi connectivity index (χ2v) is 3.85. The molecule has 2 aromatic rings. The molecular weight excluding hydrogens is 230 g/mol. The van der Waals surface area contributed by atoms with Crippen molar-refractivity contribution in [1.29, 1.82) is 0 Å². The highest BCUT2D eigenvalue weighted by Crippen LogP contribution is 2.22. The van der Waals surface area contributed by atoms with Gasteiger partial charge in [0.25, 0.3) is 5.91 Å². The lowest BCUT2D eigenvalue weighted by Crippen LogP contribution is -2.26. The zero-order valence-corrected chi connectivity index (χ0v) is 9.87. The van der Waals surface area contributed by atoms with Crippen LogP contribution in [0.2, 0.25) is 0 Å². The SMILES string of the molecule is CN(C(=O)c1ccc(N)c(O)c1)c1cccnc1. The van der Waals surface area contributed by atoms with Crippen molar-refractivity contribution in [2.45, 2.75) is 0 Å². The van der Waals surface area contributed by atoms with Crippen molar-refractivity contribution >= 4 is 17.3 Å². The molecule has 1 aromatic carbocycles. The molecule has 0 radical (unpaired) electrons. The predicted molar refractivity (Wildman–Crippen MR) is 69.5 cm³/mol. The molecule has 1 amide bonds. The van der Waals surface area contributed by atoms with Crippen LogP contribution < -0.4 is 10.6 Å². The Balaban J connectivity index is 2.29. The first-order valence-electron chi connectivity index (χ1n) is 5.36. The molecular formula is C13H13N3O2. The van der Waals surface area contributed by atoms with Gasteiger partial charge in [0.05, 0.1) is 17.6 Å². The molecule has 0 saturated heterocycles. The Morgan fingerprint density at radius 2 is 2.17 bits per heavy atom. The standard InChI is InChI=1S/C13H13N3O2/c1-16(10-3-2-6-15-8-10)13(18)9-4-5-11(14)12(17)7-9/h2-8,17H,14H2,1H3. The van der Waals surface area contributed by atoms with Crippen LogP contribution in [-0.2, 0) is 0 Å². The molecule has 0 aliphatic heterocycles. The molecule has 2 rings (SSSR count). The molecule has 0 unspecified atom stereocenters. The van der Waals surface area contributed by atoms with Crippen molar-refractivity contribution in [2.24, 2.45) is 0 Å². The number of hydrogen-bond acceptors (Lipinski definition) is 4. The summed E-state index contributed by atoms with van der Waals surface area (Å²) in [5, 5.41) is 9.49. The first-order valence-corrected chi connectivity index (χ1v) is 5.36. The maximum atomic E-state index is 12.2. The minimum absolute atomic E-state index is 0.0968. The highest BCUT2D eigenvalue weighted by Gasteiger charge is 2.14. The molecule has 3 N–H and O–H groups in total. The highest BCUT2D eigenvalue weighted by atomic mass is 16.3. The van der Waals surface area contributed by atoms with E-state index >= 15 is 0 Å². The van der Waals surface area contributed by atoms with Gasteiger partial charge in [-0.3, -0.25) is 9.78 Å². The Bertz CT molecular complexity index is 570. The fraction of sp³-hybridized carbons (Fsp3) is 0.0769. The number of phenolic OH excluding ortho intramolecular Hbond substituents is 1. The van der Waals surface area contributed by atoms with Crippen LogP contribution in [0.4, 0.5) is 11.4 Å². The van der Waals surface area contributed by atoms with E-state index in [2.05, 4.69) is 4.98 Å². The summed E-state index contributed by atoms with van der Waals surface area (Å²) in [6.45, 7) is 0. The molecule has 0 aliphatic rings. The summed E-state index contributed by atoms with van der Waals surface area (Å²) >= 11 is 0. The van der Waals surface area contributed by atoms with Gasteiger partial charge in [-0.25, -0.2) is 0 Å². The summed E-state index contributed by atoms with van der Waals surface area (Å²) in [5.41, 5.74) is 6.79. The van der Waals surface area contributed by atoms with E-state index in [4.69, 9.17) is 5.73 Å². The van der Waals surface area contributed by atoms with Gasteiger partial charge in [-0.1, -0.05) is 0 Å². The maximum absolute atomic E-state index is 12.2. The van der Waals surface area contributed by atoms with Gasteiger partial charge in [-0.15, -0.1) is 0 Å². The van der Waals surface area contributed by atoms with Crippen molar-refractivity contribution in [3.05, 3.63) is 48.3 Å². The summed E-state index contributed by atoms with van der Waals surface area (Å²) in [7, 11) is 1.65. The number of aromatic hydroxyl groups is 1. The average Bonchev–Trinajstić information content (AvgIpc) is 2.41. The fourth-order valence-corrected chi connectivity index (χ4v) is 1.54. The number of pyridine rings is 1. The van der Waals surface area contributed by atoms with Gasteiger partial charge in [0.15, 0.2) is 0 Å². The Kier molecular flexibility index (Phi) is 3.14. The Morgan fingerprint density at radius 1 is 1.39 bits per heavy atom. The van der Waals surface area contributed by atoms with Crippen LogP contribution in [0.15, 0.2) is 42.7 Å². The van der Waals surface area contributed by atoms with Crippen molar-refractivity contribution in [3.63, 3.8) is 0 Å². The largest absolute Gasteiger partial charge is 0.506 e. The number of nitrogens with zero attached hydrogens (tertiary/aromatic N) is 2. The highest BCUT2D eigenvalue weighted by molar-refractivity contribution is 6.06. The number of nitrogens with two attached hydrogens (primary N) is 1. The van der Waals surface area contributed by atoms with Crippen LogP contribution in [0.5, 0.6) is 5.75 Å². The number of carbonyl (C=O) groups excluding carboxylic acids is 1. The third-order valence-corrected chi connectivity index (χ3v) is 2.62. The zero-order chi connectivity index (χ0) is 13.1. The Labute approximate surface area is 104 Å². The molecule has 1 aromatic heterocycles. The molecule has 18 heavy (non-hydrogen) atoms. The maximum Gasteiger partial charge on any atom is 0.258 e. The predicted octanol–water partition coefficient (Wildman–Crippen LogP) is 1.65. The van der Waals surface area contributed by atoms with E-state index in [0.717, 1.165) is 0 Å². The molecule has 5 heteroatoms. The van der Waals surface area contributed by atoms with Crippen LogP contribution in [-0.4, -0.2) is 23.0 Å². The summed E-state index contributed by atoms with van der Waals surface area (Å²) < 4.78 is 0. The van der Waals surface area contributed by atoms with Gasteiger partial charge < -0.3 is 15.7 Å². The van der Waals surface area contributed by atoms with Gasteiger partial charge in [0.2, 0.25) is 0 Å². The van der Waals surface area contributed by atoms with Gasteiger partial charge in [0.1, 0.15) is 5.75 Å². The smallest absolute Gasteiger partial charge is 0.258 e. The molecule has 5 nitrogen and oxygen atoms in total. The normalized spacial score (nSPS) is 10.1. The monoisotopic (exact) mass is 243 g/mol. The average molecular weight is 243 g/mol. The number of benzene rings is 1. The summed E-state index contributed by atoms with van der Waals surface area (Å²) in [4.78, 5) is 17.6. The van der Waals surface area contributed by atoms with E-state index in [1.54, 1.807) is 37.6 Å². The van der Waals surface area contributed by atoms with E-state index in [9.17, 15) is 9.90 Å². The Hall–Kier alpha value is -2.56. The lowest BCUT2D eigenvalue weighted by atomic mass is 10.1. The van der Waals surface area contributed by atoms with Gasteiger partial charge in [-0.2, -0.15) is 0 Å². The number of aromatic nitrogens is 1. The minimum atomic E-state index is -0.238. The van der Waals surface area contributed by atoms with E-state index < -0.39 is 0 Å². The number of anilines is 2. The summed E-state index contributed by atoms with van der Waals surface area (Å²) in [5.74, 6) is -0.335. The van der Waals surface area contributed by atoms with Crippen LogP contribution >= 0.6 is 0 Å². The van der Waals surface area contributed by atoms with E-state index in [0.29, 0.717) is 11.3 Å². The Morgan fingerprint density at radius 3 is 2.78 bits per heavy atom. The molecule has 0 fully saturated rings. The molecule has 0 spiro atoms. The number of phenols is 1. The van der Waals surface area contributed by atoms with Gasteiger partial charge in [-0.05, 0) is 30.3 Å². The van der Waals surface area contributed by atoms with Crippen molar-refractivity contribution in [3.8, 4) is 5.75 Å². The topological polar surface area (TPSA) is 79.5 Å². The first-order chi connectivity index (χ1) is 8.59. The third kappa shape index (κ3) is 2.24. The number of rotatable bonds is 2. The molecule has 1 heterocycles. The van der Waals surface area contributed by atoms with Crippen molar-refractivity contribution < 1.29 is 9.90 Å². The second-order valence-electron chi connectivity index (χ2n) is 3.85. The van der Waals surface area contributed by atoms with Crippen LogP contribution in [0.3, 0.4) is 0 Å². The molecule has 92 valence electrons. The summed E-state index contributed by atoms with van der Waals surface area (Å²) in [6.07, 6.45) is 3.23. The third-order valence-electron chi connectivity index (χ3n) is 2.62. The van der Waals surface area contributed by atoms with Crippen LogP contribution in [0.1, 0.15) is 10.4 Å². The van der Waals surface area contributed by atoms with Crippen LogP contribution in [0.25, 0.3) is 0 Å². The molecule has 0 aliphatic carbocycles. The van der Waals surface area contributed by atoms with Gasteiger partial charge in [0, 0.05) is 18.8 Å². The first kappa shape index (κ1) is 11.9. The quantitative estimate of drug-likeness (QED) is 0.620. The minimum Gasteiger partial charge on any atom is -0.506 e. The molecule has 0 saturated carbocycles. The number of nitrogen functional groups attached to an aromatic ring is 1. The molecule has 0 bridgehead atoms. The van der Waals surface area contributed by atoms with Gasteiger partial charge >= 0.3 is 0 Å². The molecule has 0 atom stereocenters. The van der Waals surface area contributed by atoms with E-state index in [1.165, 1.54) is 17.0 Å². The lowest BCUT2D eigenvalue weighted by molar-refractivity contribution is 0.0992. The van der Waals surface area contributed by atoms with Crippen LogP contribution in [0, 0.1) is 0 Å². The number of amides is 1. The zero-order valence-electron chi connectivity index (χ0n) is 9.87. The lowest BCUT2D eigenvalue weighted by Gasteiger charge is -2.17. The van der Waals surface area contributed by atoms with Crippen molar-refractivity contribution in [1.82, 2.24) is 4.98 Å². The summed E-state index contributed by atoms with van der Waals surface area (Å²) in [6, 6.07) is 7.95. The number of carbonyl (C=O) groups is 1. The number of hydrogen-bond donors (Lipinski definition) is 2. The second kappa shape index (κ2) is 4.75. The van der Waals surface area contributed by atoms with E-state index in [1.807, 2.05) is 0 Å². The van der Waals surface area contributed by atoms with E-state index in [-0.39, 0.29) is 17.3 Å².